The van der Waals surface area contributed by atoms with Crippen molar-refractivity contribution in [3.05, 3.63) is 173 Å². The van der Waals surface area contributed by atoms with Gasteiger partial charge in [0, 0.05) is 0 Å². The van der Waals surface area contributed by atoms with E-state index in [0.717, 1.165) is 0 Å². The Kier molecular flexibility index (Phi) is 9.80. The molecule has 0 aromatic heterocycles. The van der Waals surface area contributed by atoms with Crippen molar-refractivity contribution < 1.29 is 47.7 Å². The third-order valence-electron chi connectivity index (χ3n) is 6.80. The van der Waals surface area contributed by atoms with Crippen molar-refractivity contribution in [3.8, 4) is 0 Å². The number of halogens is 2. The summed E-state index contributed by atoms with van der Waals surface area (Å²) in [6, 6.07) is 49.6. The Balaban J connectivity index is 0.00000168. The van der Waals surface area contributed by atoms with Gasteiger partial charge in [-0.15, -0.1) is 0 Å². The smallest absolute Gasteiger partial charge is 1.00 e. The summed E-state index contributed by atoms with van der Waals surface area (Å²) in [5.41, 5.74) is 9.07. The molecule has 0 saturated heterocycles. The molecule has 0 saturated carbocycles. The van der Waals surface area contributed by atoms with E-state index in [-0.39, 0.29) is 36.8 Å². The SMILES string of the molecule is C1=C(c2ccccc2)C(c2cccc[c]2[Ti+2][O]C(c2ccccc2)c2ccccc2)c2ccccc21.[Cl-].[Cl-]. The van der Waals surface area contributed by atoms with Crippen molar-refractivity contribution in [3.63, 3.8) is 0 Å². The van der Waals surface area contributed by atoms with Crippen LogP contribution in [0.25, 0.3) is 11.6 Å². The summed E-state index contributed by atoms with van der Waals surface area (Å²) < 4.78 is 8.18. The Bertz CT molecular complexity index is 1450. The molecule has 1 nitrogen and oxygen atoms in total. The second kappa shape index (κ2) is 13.2. The zero-order valence-electron chi connectivity index (χ0n) is 20.7. The summed E-state index contributed by atoms with van der Waals surface area (Å²) in [6.07, 6.45) is 2.30. The molecule has 5 aromatic carbocycles. The second-order valence-corrected chi connectivity index (χ2v) is 10.6. The monoisotopic (exact) mass is 568 g/mol. The molecule has 5 aromatic rings. The zero-order chi connectivity index (χ0) is 24.2. The van der Waals surface area contributed by atoms with E-state index in [4.69, 9.17) is 3.32 Å². The molecule has 0 heterocycles. The van der Waals surface area contributed by atoms with Crippen molar-refractivity contribution >= 4 is 15.5 Å². The van der Waals surface area contributed by atoms with Crippen LogP contribution in [-0.2, 0) is 22.9 Å². The van der Waals surface area contributed by atoms with Gasteiger partial charge in [0.05, 0.1) is 0 Å². The minimum Gasteiger partial charge on any atom is -1.00 e. The van der Waals surface area contributed by atoms with Gasteiger partial charge in [-0.1, -0.05) is 0 Å². The van der Waals surface area contributed by atoms with E-state index in [2.05, 4.69) is 146 Å². The van der Waals surface area contributed by atoms with E-state index in [1.54, 1.807) is 0 Å². The molecular formula is C34H26Cl2OTi. The normalized spacial score (nSPS) is 13.5. The van der Waals surface area contributed by atoms with Crippen molar-refractivity contribution in [1.82, 2.24) is 0 Å². The van der Waals surface area contributed by atoms with Crippen LogP contribution in [0.5, 0.6) is 0 Å². The fraction of sp³-hybridized carbons (Fsp3) is 0.0588. The van der Waals surface area contributed by atoms with Gasteiger partial charge >= 0.3 is 223 Å². The van der Waals surface area contributed by atoms with E-state index in [9.17, 15) is 0 Å². The Morgan fingerprint density at radius 2 is 1.03 bits per heavy atom. The Morgan fingerprint density at radius 1 is 0.526 bits per heavy atom. The topological polar surface area (TPSA) is 9.23 Å². The molecule has 0 fully saturated rings. The molecule has 1 aliphatic carbocycles. The molecule has 1 aliphatic rings. The van der Waals surface area contributed by atoms with E-state index >= 15 is 0 Å². The van der Waals surface area contributed by atoms with Crippen molar-refractivity contribution in [1.29, 1.82) is 0 Å². The van der Waals surface area contributed by atoms with Gasteiger partial charge in [0.25, 0.3) is 0 Å². The summed E-state index contributed by atoms with van der Waals surface area (Å²) in [4.78, 5) is 0. The maximum atomic E-state index is 6.83. The average Bonchev–Trinajstić information content (AvgIpc) is 3.35. The van der Waals surface area contributed by atoms with Crippen LogP contribution >= 0.6 is 0 Å². The molecule has 1 atom stereocenters. The number of hydrogen-bond donors (Lipinski definition) is 0. The second-order valence-electron chi connectivity index (χ2n) is 9.04. The van der Waals surface area contributed by atoms with Crippen LogP contribution in [0.3, 0.4) is 0 Å². The molecule has 4 heteroatoms. The fourth-order valence-electron chi connectivity index (χ4n) is 5.09. The van der Waals surface area contributed by atoms with Gasteiger partial charge < -0.3 is 24.8 Å². The van der Waals surface area contributed by atoms with Gasteiger partial charge in [0.15, 0.2) is 0 Å². The van der Waals surface area contributed by atoms with Crippen LogP contribution in [0, 0.1) is 0 Å². The summed E-state index contributed by atoms with van der Waals surface area (Å²) in [5, 5.41) is 0. The number of allylic oxidation sites excluding steroid dienone is 1. The van der Waals surface area contributed by atoms with Crippen LogP contribution < -0.4 is 28.7 Å². The molecule has 186 valence electrons. The third kappa shape index (κ3) is 5.89. The first-order valence-corrected chi connectivity index (χ1v) is 13.8. The molecule has 0 bridgehead atoms. The molecule has 0 radical (unpaired) electrons. The van der Waals surface area contributed by atoms with Gasteiger partial charge in [-0.05, 0) is 0 Å². The summed E-state index contributed by atoms with van der Waals surface area (Å²) >= 11 is -0.882. The van der Waals surface area contributed by atoms with Crippen LogP contribution in [0.15, 0.2) is 140 Å². The van der Waals surface area contributed by atoms with E-state index in [1.165, 1.54) is 42.8 Å². The number of rotatable bonds is 7. The molecule has 38 heavy (non-hydrogen) atoms. The number of benzene rings is 5. The quantitative estimate of drug-likeness (QED) is 0.272. The summed E-state index contributed by atoms with van der Waals surface area (Å²) in [6.45, 7) is 0. The van der Waals surface area contributed by atoms with Crippen LogP contribution in [0.1, 0.15) is 45.4 Å². The summed E-state index contributed by atoms with van der Waals surface area (Å²) in [5.74, 6) is 0.207. The molecule has 0 aliphatic heterocycles. The van der Waals surface area contributed by atoms with E-state index in [1.807, 2.05) is 0 Å². The van der Waals surface area contributed by atoms with Gasteiger partial charge in [-0.3, -0.25) is 0 Å². The van der Waals surface area contributed by atoms with Crippen molar-refractivity contribution in [2.75, 3.05) is 0 Å². The third-order valence-corrected chi connectivity index (χ3v) is 8.41. The number of hydrogen-bond acceptors (Lipinski definition) is 1. The molecule has 6 rings (SSSR count). The van der Waals surface area contributed by atoms with Crippen molar-refractivity contribution in [2.24, 2.45) is 0 Å². The molecule has 1 unspecified atom stereocenters. The van der Waals surface area contributed by atoms with E-state index in [0.29, 0.717) is 0 Å². The Hall–Kier alpha value is -2.91. The standard InChI is InChI=1S/C21H15.C13H11O.2ClH.Ti/c1-3-9-16(10-4-1)20-15-18-13-7-8-14-19(18)21(20)17-11-5-2-6-12-17;14-13(11-7-3-1-4-8-11)12-9-5-2-6-10-12;;;/h1-11,13-15,21H;1-10,13H;2*1H;/q;-1;;;+3/p-2. The largest absolute Gasteiger partial charge is 1.00 e. The minimum absolute atomic E-state index is 0. The van der Waals surface area contributed by atoms with Crippen LogP contribution in [0.2, 0.25) is 0 Å². The predicted octanol–water partition coefficient (Wildman–Crippen LogP) is 1.81. The fourth-order valence-corrected chi connectivity index (χ4v) is 6.69. The van der Waals surface area contributed by atoms with Crippen LogP contribution in [0.4, 0.5) is 0 Å². The molecule has 0 N–H and O–H groups in total. The first kappa shape index (κ1) is 28.1. The molecular weight excluding hydrogens is 543 g/mol. The van der Waals surface area contributed by atoms with Crippen LogP contribution in [-0.4, -0.2) is 0 Å². The number of fused-ring (bicyclic) bond motifs is 1. The molecule has 0 spiro atoms. The maximum absolute atomic E-state index is 6.83. The first-order valence-electron chi connectivity index (χ1n) is 12.3. The van der Waals surface area contributed by atoms with Gasteiger partial charge in [-0.25, -0.2) is 0 Å². The Labute approximate surface area is 246 Å². The van der Waals surface area contributed by atoms with Gasteiger partial charge in [-0.2, -0.15) is 0 Å². The predicted molar refractivity (Wildman–Crippen MR) is 144 cm³/mol. The van der Waals surface area contributed by atoms with E-state index < -0.39 is 19.5 Å². The summed E-state index contributed by atoms with van der Waals surface area (Å²) in [7, 11) is 0. The first-order chi connectivity index (χ1) is 17.9. The minimum atomic E-state index is -0.882. The van der Waals surface area contributed by atoms with Gasteiger partial charge in [0.1, 0.15) is 0 Å². The zero-order valence-corrected chi connectivity index (χ0v) is 23.7. The Morgan fingerprint density at radius 3 is 1.66 bits per heavy atom. The average molecular weight is 569 g/mol. The van der Waals surface area contributed by atoms with Crippen molar-refractivity contribution in [2.45, 2.75) is 12.0 Å². The molecule has 0 amide bonds. The van der Waals surface area contributed by atoms with Gasteiger partial charge in [0.2, 0.25) is 0 Å². The maximum Gasteiger partial charge on any atom is -1.00 e.